The second kappa shape index (κ2) is 7.66. The van der Waals surface area contributed by atoms with Crippen LogP contribution in [0.1, 0.15) is 18.1 Å². The Morgan fingerprint density at radius 1 is 1.24 bits per heavy atom. The first-order valence-corrected chi connectivity index (χ1v) is 10.7. The minimum Gasteiger partial charge on any atom is -0.477 e. The highest BCUT2D eigenvalue weighted by Crippen LogP contribution is 2.48. The lowest BCUT2D eigenvalue weighted by Gasteiger charge is -2.47. The molecule has 0 radical (unpaired) electrons. The van der Waals surface area contributed by atoms with Crippen molar-refractivity contribution in [1.82, 2.24) is 4.98 Å². The number of anilines is 1. The second-order valence-electron chi connectivity index (χ2n) is 7.04. The Bertz CT molecular complexity index is 1050. The zero-order valence-corrected chi connectivity index (χ0v) is 16.9. The molecule has 0 spiro atoms. The zero-order chi connectivity index (χ0) is 20.4. The Labute approximate surface area is 174 Å². The van der Waals surface area contributed by atoms with Gasteiger partial charge in [0.15, 0.2) is 5.41 Å². The number of hydrogen-bond acceptors (Lipinski definition) is 7. The van der Waals surface area contributed by atoms with E-state index >= 15 is 0 Å². The minimum atomic E-state index is -1.18. The van der Waals surface area contributed by atoms with E-state index in [1.807, 2.05) is 37.3 Å². The van der Waals surface area contributed by atoms with Crippen LogP contribution in [0.5, 0.6) is 5.88 Å². The Balaban J connectivity index is 2.06. The lowest BCUT2D eigenvalue weighted by molar-refractivity contribution is 0.322. The summed E-state index contributed by atoms with van der Waals surface area (Å²) >= 11 is 1.76. The molecule has 0 bridgehead atoms. The molecule has 1 unspecified atom stereocenters. The molecule has 1 fully saturated rings. The van der Waals surface area contributed by atoms with Gasteiger partial charge in [0, 0.05) is 35.6 Å². The van der Waals surface area contributed by atoms with Gasteiger partial charge < -0.3 is 9.64 Å². The van der Waals surface area contributed by atoms with E-state index in [9.17, 15) is 15.8 Å². The van der Waals surface area contributed by atoms with Crippen LogP contribution < -0.4 is 9.64 Å². The molecular formula is C22H19N5OS. The lowest BCUT2D eigenvalue weighted by atomic mass is 9.72. The van der Waals surface area contributed by atoms with Gasteiger partial charge in [0.25, 0.3) is 0 Å². The van der Waals surface area contributed by atoms with Gasteiger partial charge in [0.2, 0.25) is 5.88 Å². The molecule has 3 heterocycles. The van der Waals surface area contributed by atoms with E-state index in [2.05, 4.69) is 23.1 Å². The van der Waals surface area contributed by atoms with Gasteiger partial charge in [-0.3, -0.25) is 0 Å². The summed E-state index contributed by atoms with van der Waals surface area (Å²) in [4.78, 5) is 6.81. The summed E-state index contributed by atoms with van der Waals surface area (Å²) in [6, 6.07) is 16.2. The van der Waals surface area contributed by atoms with Crippen LogP contribution in [-0.2, 0) is 6.42 Å². The maximum absolute atomic E-state index is 10.0. The number of aromatic nitrogens is 1. The summed E-state index contributed by atoms with van der Waals surface area (Å²) in [6.07, 6.45) is 0.245. The van der Waals surface area contributed by atoms with Gasteiger partial charge in [0.05, 0.1) is 24.8 Å². The van der Waals surface area contributed by atoms with E-state index < -0.39 is 5.41 Å². The summed E-state index contributed by atoms with van der Waals surface area (Å²) in [7, 11) is 0. The Morgan fingerprint density at radius 3 is 2.66 bits per heavy atom. The fourth-order valence-electron chi connectivity index (χ4n) is 4.18. The monoisotopic (exact) mass is 401 g/mol. The highest BCUT2D eigenvalue weighted by Gasteiger charge is 2.50. The lowest BCUT2D eigenvalue weighted by Crippen LogP contribution is -2.56. The van der Waals surface area contributed by atoms with Crippen molar-refractivity contribution in [1.29, 1.82) is 15.8 Å². The van der Waals surface area contributed by atoms with Crippen LogP contribution in [0.4, 0.5) is 5.82 Å². The van der Waals surface area contributed by atoms with Gasteiger partial charge in [-0.05, 0) is 12.5 Å². The van der Waals surface area contributed by atoms with Crippen molar-refractivity contribution in [2.24, 2.45) is 5.41 Å². The van der Waals surface area contributed by atoms with Crippen LogP contribution in [0, 0.1) is 39.4 Å². The van der Waals surface area contributed by atoms with E-state index in [1.165, 1.54) is 0 Å². The summed E-state index contributed by atoms with van der Waals surface area (Å²) in [5.41, 5.74) is 1.53. The van der Waals surface area contributed by atoms with E-state index in [0.717, 1.165) is 22.7 Å². The number of fused-ring (bicyclic) bond motifs is 3. The first kappa shape index (κ1) is 19.1. The quantitative estimate of drug-likeness (QED) is 0.776. The highest BCUT2D eigenvalue weighted by molar-refractivity contribution is 7.99. The third-order valence-electron chi connectivity index (χ3n) is 5.52. The smallest absolute Gasteiger partial charge is 0.234 e. The molecule has 0 aliphatic carbocycles. The van der Waals surface area contributed by atoms with E-state index in [-0.39, 0.29) is 12.5 Å². The Hall–Kier alpha value is -3.21. The topological polar surface area (TPSA) is 96.7 Å². The average Bonchev–Trinajstić information content (AvgIpc) is 2.78. The molecule has 2 aliphatic heterocycles. The maximum Gasteiger partial charge on any atom is 0.234 e. The summed E-state index contributed by atoms with van der Waals surface area (Å²) < 4.78 is 5.74. The molecule has 1 saturated heterocycles. The van der Waals surface area contributed by atoms with Gasteiger partial charge in [-0.1, -0.05) is 30.3 Å². The van der Waals surface area contributed by atoms with Crippen molar-refractivity contribution in [3.05, 3.63) is 41.5 Å². The molecule has 1 atom stereocenters. The molecule has 4 rings (SSSR count). The third kappa shape index (κ3) is 2.97. The maximum atomic E-state index is 10.0. The van der Waals surface area contributed by atoms with E-state index in [4.69, 9.17) is 9.72 Å². The fourth-order valence-corrected chi connectivity index (χ4v) is 5.36. The number of ether oxygens (including phenoxy) is 1. The third-order valence-corrected chi connectivity index (χ3v) is 6.55. The molecule has 0 saturated carbocycles. The van der Waals surface area contributed by atoms with Crippen LogP contribution in [0.3, 0.4) is 0 Å². The first-order valence-electron chi connectivity index (χ1n) is 9.51. The van der Waals surface area contributed by atoms with Gasteiger partial charge in [-0.2, -0.15) is 32.5 Å². The van der Waals surface area contributed by atoms with Gasteiger partial charge in [-0.25, -0.2) is 0 Å². The molecule has 0 N–H and O–H groups in total. The molecule has 2 aliphatic rings. The van der Waals surface area contributed by atoms with Gasteiger partial charge in [0.1, 0.15) is 17.5 Å². The predicted octanol–water partition coefficient (Wildman–Crippen LogP) is 3.53. The zero-order valence-electron chi connectivity index (χ0n) is 16.1. The number of nitrogens with zero attached hydrogens (tertiary/aromatic N) is 5. The Morgan fingerprint density at radius 2 is 2.00 bits per heavy atom. The summed E-state index contributed by atoms with van der Waals surface area (Å²) in [5, 5.41) is 30.0. The van der Waals surface area contributed by atoms with E-state index in [1.54, 1.807) is 11.8 Å². The number of pyridine rings is 1. The fraction of sp³-hybridized carbons (Fsp3) is 0.364. The second-order valence-corrected chi connectivity index (χ2v) is 8.19. The number of thioether (sulfide) groups is 1. The minimum absolute atomic E-state index is 0.234. The van der Waals surface area contributed by atoms with Crippen molar-refractivity contribution in [2.45, 2.75) is 19.4 Å². The first-order chi connectivity index (χ1) is 14.2. The number of hydrogen-bond donors (Lipinski definition) is 0. The van der Waals surface area contributed by atoms with Crippen molar-refractivity contribution >= 4 is 17.6 Å². The van der Waals surface area contributed by atoms with Crippen molar-refractivity contribution in [3.63, 3.8) is 0 Å². The van der Waals surface area contributed by atoms with Crippen LogP contribution >= 0.6 is 11.8 Å². The van der Waals surface area contributed by atoms with Gasteiger partial charge in [-0.15, -0.1) is 0 Å². The molecule has 6 nitrogen and oxygen atoms in total. The normalized spacial score (nSPS) is 19.1. The van der Waals surface area contributed by atoms with Gasteiger partial charge >= 0.3 is 0 Å². The highest BCUT2D eigenvalue weighted by atomic mass is 32.2. The molecule has 29 heavy (non-hydrogen) atoms. The average molecular weight is 401 g/mol. The standard InChI is InChI=1S/C22H19N5OS/c1-2-28-21-17(11-23)19(15-6-4-3-5-7-15)16-10-22(13-24,14-25)18-12-29-9-8-27(18)20(16)26-21/h3-7,18H,2,8-10,12H2,1H3. The van der Waals surface area contributed by atoms with Crippen LogP contribution in [0.2, 0.25) is 0 Å². The van der Waals surface area contributed by atoms with Crippen molar-refractivity contribution in [3.8, 4) is 35.2 Å². The molecule has 7 heteroatoms. The molecular weight excluding hydrogens is 382 g/mol. The van der Waals surface area contributed by atoms with Crippen molar-refractivity contribution < 1.29 is 4.74 Å². The predicted molar refractivity (Wildman–Crippen MR) is 111 cm³/mol. The molecule has 144 valence electrons. The van der Waals surface area contributed by atoms with Crippen LogP contribution in [-0.4, -0.2) is 35.7 Å². The van der Waals surface area contributed by atoms with E-state index in [0.29, 0.717) is 35.9 Å². The summed E-state index contributed by atoms with van der Waals surface area (Å²) in [6.45, 7) is 2.96. The molecule has 1 aromatic carbocycles. The summed E-state index contributed by atoms with van der Waals surface area (Å²) in [5.74, 6) is 2.64. The largest absolute Gasteiger partial charge is 0.477 e. The van der Waals surface area contributed by atoms with Crippen LogP contribution in [0.15, 0.2) is 30.3 Å². The number of benzene rings is 1. The SMILES string of the molecule is CCOc1nc2c(c(-c3ccccc3)c1C#N)CC(C#N)(C#N)C1CSCCN21. The van der Waals surface area contributed by atoms with Crippen LogP contribution in [0.25, 0.3) is 11.1 Å². The molecule has 1 aromatic heterocycles. The molecule has 0 amide bonds. The Kier molecular flexibility index (Phi) is 5.05. The number of nitriles is 3. The van der Waals surface area contributed by atoms with Crippen molar-refractivity contribution in [2.75, 3.05) is 29.6 Å². The molecule has 2 aromatic rings. The number of rotatable bonds is 3.